The lowest BCUT2D eigenvalue weighted by Gasteiger charge is -2.26. The number of hydroxylamine groups is 1. The molecule has 1 aromatic heterocycles. The number of nitrogens with one attached hydrogen (secondary N) is 1. The first-order valence-corrected chi connectivity index (χ1v) is 15.2. The van der Waals surface area contributed by atoms with Crippen LogP contribution in [0.5, 0.6) is 5.75 Å². The normalized spacial score (nSPS) is 15.2. The molecule has 228 valence electrons. The Balaban J connectivity index is 0.00000155. The summed E-state index contributed by atoms with van der Waals surface area (Å²) in [5, 5.41) is 16.3. The van der Waals surface area contributed by atoms with Crippen molar-refractivity contribution < 1.29 is 37.8 Å². The highest BCUT2D eigenvalue weighted by Crippen LogP contribution is 2.25. The van der Waals surface area contributed by atoms with Crippen LogP contribution in [0.1, 0.15) is 19.8 Å². The number of carboxylic acid groups (broad SMARTS) is 1. The summed E-state index contributed by atoms with van der Waals surface area (Å²) in [5.74, 6) is -0.264. The summed E-state index contributed by atoms with van der Waals surface area (Å²) in [7, 11) is -3.88. The SMILES string of the molecule is CC(CCn1cnc2cc(-c3ccc(OCCCN4CCOCC4)cc3)ccc2c1=O)(C(=O)NO)S(C)(=O)=O.O=CO. The van der Waals surface area contributed by atoms with Crippen LogP contribution in [0.2, 0.25) is 0 Å². The Hall–Kier alpha value is -3.85. The molecule has 1 unspecified atom stereocenters. The van der Waals surface area contributed by atoms with Crippen molar-refractivity contribution in [1.82, 2.24) is 19.9 Å². The Labute approximate surface area is 243 Å². The van der Waals surface area contributed by atoms with E-state index in [4.69, 9.17) is 24.6 Å². The first-order valence-electron chi connectivity index (χ1n) is 13.3. The van der Waals surface area contributed by atoms with Crippen LogP contribution in [0.25, 0.3) is 22.0 Å². The quantitative estimate of drug-likeness (QED) is 0.125. The van der Waals surface area contributed by atoms with Crippen molar-refractivity contribution in [1.29, 1.82) is 0 Å². The average Bonchev–Trinajstić information content (AvgIpc) is 2.99. The van der Waals surface area contributed by atoms with Crippen LogP contribution in [0, 0.1) is 0 Å². The smallest absolute Gasteiger partial charge is 0.290 e. The van der Waals surface area contributed by atoms with Crippen molar-refractivity contribution in [2.24, 2.45) is 0 Å². The minimum Gasteiger partial charge on any atom is -0.494 e. The maximum atomic E-state index is 13.1. The van der Waals surface area contributed by atoms with Crippen molar-refractivity contribution in [3.63, 3.8) is 0 Å². The Morgan fingerprint density at radius 2 is 1.79 bits per heavy atom. The van der Waals surface area contributed by atoms with Gasteiger partial charge in [-0.25, -0.2) is 18.9 Å². The minimum atomic E-state index is -3.88. The van der Waals surface area contributed by atoms with Crippen LogP contribution in [-0.4, -0.2) is 96.0 Å². The molecular formula is C28H36N4O9S. The Kier molecular flexibility index (Phi) is 11.6. The Morgan fingerprint density at radius 3 is 2.40 bits per heavy atom. The maximum Gasteiger partial charge on any atom is 0.290 e. The van der Waals surface area contributed by atoms with Crippen molar-refractivity contribution in [2.75, 3.05) is 45.7 Å². The van der Waals surface area contributed by atoms with E-state index in [1.54, 1.807) is 6.07 Å². The van der Waals surface area contributed by atoms with Crippen LogP contribution >= 0.6 is 0 Å². The van der Waals surface area contributed by atoms with Gasteiger partial charge in [0.25, 0.3) is 17.9 Å². The number of nitrogens with zero attached hydrogens (tertiary/aromatic N) is 3. The van der Waals surface area contributed by atoms with E-state index in [1.165, 1.54) is 23.3 Å². The van der Waals surface area contributed by atoms with Gasteiger partial charge in [0.1, 0.15) is 5.75 Å². The lowest BCUT2D eigenvalue weighted by molar-refractivity contribution is -0.131. The zero-order chi connectivity index (χ0) is 30.8. The van der Waals surface area contributed by atoms with Gasteiger partial charge in [0.05, 0.1) is 37.1 Å². The van der Waals surface area contributed by atoms with Crippen molar-refractivity contribution in [2.45, 2.75) is 31.1 Å². The van der Waals surface area contributed by atoms with E-state index >= 15 is 0 Å². The van der Waals surface area contributed by atoms with Crippen LogP contribution < -0.4 is 15.8 Å². The largest absolute Gasteiger partial charge is 0.494 e. The van der Waals surface area contributed by atoms with Crippen LogP contribution in [0.4, 0.5) is 0 Å². The molecule has 1 atom stereocenters. The van der Waals surface area contributed by atoms with Crippen LogP contribution in [0.15, 0.2) is 53.6 Å². The van der Waals surface area contributed by atoms with Crippen LogP contribution in [-0.2, 0) is 30.7 Å². The van der Waals surface area contributed by atoms with Crippen molar-refractivity contribution >= 4 is 33.1 Å². The highest BCUT2D eigenvalue weighted by atomic mass is 32.2. The summed E-state index contributed by atoms with van der Waals surface area (Å²) >= 11 is 0. The Morgan fingerprint density at radius 1 is 1.14 bits per heavy atom. The van der Waals surface area contributed by atoms with Gasteiger partial charge in [0.2, 0.25) is 0 Å². The van der Waals surface area contributed by atoms with E-state index in [-0.39, 0.29) is 25.0 Å². The fourth-order valence-corrected chi connectivity index (χ4v) is 5.31. The highest BCUT2D eigenvalue weighted by Gasteiger charge is 2.43. The lowest BCUT2D eigenvalue weighted by atomic mass is 10.0. The van der Waals surface area contributed by atoms with Gasteiger partial charge in [-0.2, -0.15) is 0 Å². The number of sulfone groups is 1. The minimum absolute atomic E-state index is 0.0750. The summed E-state index contributed by atoms with van der Waals surface area (Å²) < 4.78 is 35.0. The number of benzene rings is 2. The Bertz CT molecular complexity index is 1520. The molecule has 0 bridgehead atoms. The molecule has 0 spiro atoms. The summed E-state index contributed by atoms with van der Waals surface area (Å²) in [6, 6.07) is 13.1. The number of morpholine rings is 1. The van der Waals surface area contributed by atoms with Gasteiger partial charge >= 0.3 is 0 Å². The zero-order valence-electron chi connectivity index (χ0n) is 23.6. The third-order valence-corrected chi connectivity index (χ3v) is 9.26. The molecule has 4 rings (SSSR count). The molecule has 2 heterocycles. The average molecular weight is 605 g/mol. The first kappa shape index (κ1) is 32.7. The van der Waals surface area contributed by atoms with E-state index in [1.807, 2.05) is 36.4 Å². The van der Waals surface area contributed by atoms with Gasteiger partial charge in [-0.3, -0.25) is 29.1 Å². The van der Waals surface area contributed by atoms with E-state index in [2.05, 4.69) is 9.88 Å². The molecule has 0 saturated carbocycles. The molecule has 1 aliphatic rings. The van der Waals surface area contributed by atoms with Crippen molar-refractivity contribution in [3.8, 4) is 16.9 Å². The fraction of sp³-hybridized carbons (Fsp3) is 0.429. The summed E-state index contributed by atoms with van der Waals surface area (Å²) in [5.41, 5.74) is 3.38. The molecular weight excluding hydrogens is 568 g/mol. The van der Waals surface area contributed by atoms with E-state index < -0.39 is 20.5 Å². The molecule has 0 radical (unpaired) electrons. The fourth-order valence-electron chi connectivity index (χ4n) is 4.46. The van der Waals surface area contributed by atoms with Gasteiger partial charge in [-0.1, -0.05) is 18.2 Å². The van der Waals surface area contributed by atoms with E-state index in [9.17, 15) is 18.0 Å². The van der Waals surface area contributed by atoms with Gasteiger partial charge in [0.15, 0.2) is 14.6 Å². The molecule has 42 heavy (non-hydrogen) atoms. The van der Waals surface area contributed by atoms with E-state index in [0.29, 0.717) is 17.5 Å². The molecule has 2 aromatic carbocycles. The summed E-state index contributed by atoms with van der Waals surface area (Å²) in [4.78, 5) is 40.2. The third-order valence-electron chi connectivity index (χ3n) is 7.23. The lowest BCUT2D eigenvalue weighted by Crippen LogP contribution is -2.50. The molecule has 1 saturated heterocycles. The number of hydrogen-bond acceptors (Lipinski definition) is 10. The molecule has 14 heteroatoms. The number of ether oxygens (including phenoxy) is 2. The maximum absolute atomic E-state index is 13.1. The molecule has 0 aliphatic carbocycles. The molecule has 1 amide bonds. The first-order chi connectivity index (χ1) is 20.0. The van der Waals surface area contributed by atoms with Crippen molar-refractivity contribution in [3.05, 3.63) is 59.1 Å². The second-order valence-electron chi connectivity index (χ2n) is 9.95. The van der Waals surface area contributed by atoms with Gasteiger partial charge in [-0.15, -0.1) is 0 Å². The highest BCUT2D eigenvalue weighted by molar-refractivity contribution is 7.92. The number of amides is 1. The summed E-state index contributed by atoms with van der Waals surface area (Å²) in [6.07, 6.45) is 2.97. The number of carbonyl (C=O) groups excluding carboxylic acids is 1. The second kappa shape index (κ2) is 14.9. The number of fused-ring (bicyclic) bond motifs is 1. The van der Waals surface area contributed by atoms with Gasteiger partial charge < -0.3 is 14.6 Å². The number of rotatable bonds is 11. The topological polar surface area (TPSA) is 177 Å². The molecule has 1 fully saturated rings. The monoisotopic (exact) mass is 604 g/mol. The molecule has 1 aliphatic heterocycles. The van der Waals surface area contributed by atoms with Crippen LogP contribution in [0.3, 0.4) is 0 Å². The third kappa shape index (κ3) is 8.12. The van der Waals surface area contributed by atoms with E-state index in [0.717, 1.165) is 62.4 Å². The number of carbonyl (C=O) groups is 2. The number of aryl methyl sites for hydroxylation is 1. The summed E-state index contributed by atoms with van der Waals surface area (Å²) in [6.45, 7) is 6.03. The zero-order valence-corrected chi connectivity index (χ0v) is 24.4. The standard InChI is InChI=1S/C27H34N4O7S.CH2O2/c1-27(26(33)29-34,39(2,35)36)10-12-31-19-28-24-18-21(6-9-23(24)25(31)32)20-4-7-22(8-5-20)38-15-3-11-30-13-16-37-17-14-30;2-1-3/h4-9,18-19,34H,3,10-17H2,1-2H3,(H,29,33);1H,(H,2,3). The predicted octanol–water partition coefficient (Wildman–Crippen LogP) is 1.56. The van der Waals surface area contributed by atoms with Gasteiger partial charge in [0, 0.05) is 32.4 Å². The number of hydrogen-bond donors (Lipinski definition) is 3. The second-order valence-corrected chi connectivity index (χ2v) is 12.4. The molecule has 3 aromatic rings. The molecule has 3 N–H and O–H groups in total. The molecule has 13 nitrogen and oxygen atoms in total. The predicted molar refractivity (Wildman–Crippen MR) is 155 cm³/mol. The number of aromatic nitrogens is 2. The van der Waals surface area contributed by atoms with Gasteiger partial charge in [-0.05, 0) is 55.2 Å².